The van der Waals surface area contributed by atoms with Gasteiger partial charge in [-0.15, -0.1) is 0 Å². The van der Waals surface area contributed by atoms with Gasteiger partial charge in [-0.1, -0.05) is 12.8 Å². The van der Waals surface area contributed by atoms with Gasteiger partial charge in [0.15, 0.2) is 0 Å². The summed E-state index contributed by atoms with van der Waals surface area (Å²) in [4.78, 5) is 0. The van der Waals surface area contributed by atoms with Crippen LogP contribution in [0, 0.1) is 11.8 Å². The van der Waals surface area contributed by atoms with Crippen LogP contribution in [0.25, 0.3) is 0 Å². The molecule has 3 rings (SSSR count). The summed E-state index contributed by atoms with van der Waals surface area (Å²) in [6.45, 7) is 0. The molecular weight excluding hydrogens is 150 g/mol. The van der Waals surface area contributed by atoms with E-state index in [-0.39, 0.29) is 0 Å². The summed E-state index contributed by atoms with van der Waals surface area (Å²) in [6, 6.07) is 1.41. The van der Waals surface area contributed by atoms with Crippen molar-refractivity contribution in [2.75, 3.05) is 0 Å². The fourth-order valence-corrected chi connectivity index (χ4v) is 3.36. The Balaban J connectivity index is 1.81. The maximum atomic E-state index is 3.37. The third kappa shape index (κ3) is 0.934. The lowest BCUT2D eigenvalue weighted by molar-refractivity contribution is 0.207. The second-order valence-electron chi connectivity index (χ2n) is 4.48. The second-order valence-corrected chi connectivity index (χ2v) is 4.48. The molecule has 4 unspecified atom stereocenters. The molecule has 68 valence electrons. The van der Waals surface area contributed by atoms with Gasteiger partial charge in [0.05, 0.1) is 0 Å². The lowest BCUT2D eigenvalue weighted by Crippen LogP contribution is -2.45. The molecule has 0 amide bonds. The number of fused-ring (bicyclic) bond motifs is 3. The van der Waals surface area contributed by atoms with Crippen LogP contribution >= 0.6 is 0 Å². The molecule has 0 aromatic heterocycles. The van der Waals surface area contributed by atoms with Crippen LogP contribution in [-0.4, -0.2) is 12.1 Å². The van der Waals surface area contributed by atoms with Gasteiger partial charge in [-0.2, -0.15) is 5.53 Å². The Kier molecular flexibility index (Phi) is 1.63. The maximum absolute atomic E-state index is 3.37. The Labute approximate surface area is 73.2 Å². The minimum absolute atomic E-state index is 0.698. The van der Waals surface area contributed by atoms with Crippen LogP contribution in [0.5, 0.6) is 0 Å². The molecule has 0 bridgehead atoms. The van der Waals surface area contributed by atoms with Gasteiger partial charge >= 0.3 is 0 Å². The van der Waals surface area contributed by atoms with E-state index in [2.05, 4.69) is 16.4 Å². The molecule has 3 N–H and O–H groups in total. The summed E-state index contributed by atoms with van der Waals surface area (Å²) in [7, 11) is 0. The van der Waals surface area contributed by atoms with Gasteiger partial charge in [0.1, 0.15) is 0 Å². The molecule has 0 aromatic carbocycles. The van der Waals surface area contributed by atoms with Gasteiger partial charge in [-0.05, 0) is 31.1 Å². The second kappa shape index (κ2) is 2.69. The van der Waals surface area contributed by atoms with Crippen LogP contribution in [0.4, 0.5) is 0 Å². The highest BCUT2D eigenvalue weighted by Crippen LogP contribution is 2.42. The summed E-state index contributed by atoms with van der Waals surface area (Å²) in [5.74, 6) is 1.98. The molecule has 3 aliphatic rings. The molecule has 1 saturated heterocycles. The van der Waals surface area contributed by atoms with Crippen molar-refractivity contribution in [3.05, 3.63) is 0 Å². The predicted molar refractivity (Wildman–Crippen MR) is 47.0 cm³/mol. The van der Waals surface area contributed by atoms with Crippen LogP contribution in [0.1, 0.15) is 32.1 Å². The lowest BCUT2D eigenvalue weighted by Gasteiger charge is -2.34. The average molecular weight is 167 g/mol. The SMILES string of the molecule is C1CC2CCC3NNNC3C2C1. The van der Waals surface area contributed by atoms with E-state index in [4.69, 9.17) is 0 Å². The zero-order chi connectivity index (χ0) is 7.97. The molecule has 1 heterocycles. The van der Waals surface area contributed by atoms with Crippen molar-refractivity contribution in [3.8, 4) is 0 Å². The van der Waals surface area contributed by atoms with Crippen LogP contribution in [-0.2, 0) is 0 Å². The van der Waals surface area contributed by atoms with Gasteiger partial charge in [-0.25, -0.2) is 10.9 Å². The van der Waals surface area contributed by atoms with Crippen molar-refractivity contribution in [1.29, 1.82) is 0 Å². The first-order valence-electron chi connectivity index (χ1n) is 5.21. The zero-order valence-corrected chi connectivity index (χ0v) is 7.34. The highest BCUT2D eigenvalue weighted by molar-refractivity contribution is 4.99. The highest BCUT2D eigenvalue weighted by Gasteiger charge is 2.43. The minimum atomic E-state index is 0.698. The molecule has 3 nitrogen and oxygen atoms in total. The molecule has 4 atom stereocenters. The highest BCUT2D eigenvalue weighted by atomic mass is 15.7. The van der Waals surface area contributed by atoms with Crippen LogP contribution in [0.15, 0.2) is 0 Å². The number of nitrogens with one attached hydrogen (secondary N) is 3. The number of hydrazine groups is 2. The predicted octanol–water partition coefficient (Wildman–Crippen LogP) is 0.546. The number of hydrogen-bond acceptors (Lipinski definition) is 3. The molecule has 2 aliphatic carbocycles. The van der Waals surface area contributed by atoms with Crippen LogP contribution in [0.3, 0.4) is 0 Å². The normalized spacial score (nSPS) is 52.0. The molecule has 3 heteroatoms. The molecule has 12 heavy (non-hydrogen) atoms. The Bertz CT molecular complexity index is 163. The van der Waals surface area contributed by atoms with E-state index in [9.17, 15) is 0 Å². The number of hydrogen-bond donors (Lipinski definition) is 3. The van der Waals surface area contributed by atoms with E-state index in [1.807, 2.05) is 0 Å². The van der Waals surface area contributed by atoms with Gasteiger partial charge in [-0.3, -0.25) is 0 Å². The fraction of sp³-hybridized carbons (Fsp3) is 1.00. The molecule has 3 fully saturated rings. The smallest absolute Gasteiger partial charge is 0.0424 e. The Morgan fingerprint density at radius 1 is 0.917 bits per heavy atom. The van der Waals surface area contributed by atoms with Gasteiger partial charge in [0.25, 0.3) is 0 Å². The van der Waals surface area contributed by atoms with Crippen molar-refractivity contribution in [2.45, 2.75) is 44.2 Å². The molecule has 2 saturated carbocycles. The topological polar surface area (TPSA) is 36.1 Å². The summed E-state index contributed by atoms with van der Waals surface area (Å²) in [6.07, 6.45) is 7.19. The van der Waals surface area contributed by atoms with Crippen molar-refractivity contribution < 1.29 is 0 Å². The first kappa shape index (κ1) is 7.30. The van der Waals surface area contributed by atoms with Crippen LogP contribution in [0.2, 0.25) is 0 Å². The standard InChI is InChI=1S/C9H17N3/c1-2-6-4-5-8-9(7(6)3-1)11-12-10-8/h6-12H,1-5H2. The van der Waals surface area contributed by atoms with Gasteiger partial charge in [0, 0.05) is 12.1 Å². The molecule has 1 aliphatic heterocycles. The number of rotatable bonds is 0. The third-order valence-corrected chi connectivity index (χ3v) is 3.96. The third-order valence-electron chi connectivity index (χ3n) is 3.96. The molecule has 0 aromatic rings. The summed E-state index contributed by atoms with van der Waals surface area (Å²) < 4.78 is 0. The first-order chi connectivity index (χ1) is 5.95. The van der Waals surface area contributed by atoms with Crippen LogP contribution < -0.4 is 16.4 Å². The Morgan fingerprint density at radius 2 is 1.92 bits per heavy atom. The summed E-state index contributed by atoms with van der Waals surface area (Å²) >= 11 is 0. The van der Waals surface area contributed by atoms with E-state index in [0.29, 0.717) is 12.1 Å². The Hall–Kier alpha value is -0.120. The molecule has 0 radical (unpaired) electrons. The van der Waals surface area contributed by atoms with E-state index >= 15 is 0 Å². The maximum Gasteiger partial charge on any atom is 0.0424 e. The summed E-state index contributed by atoms with van der Waals surface area (Å²) in [5.41, 5.74) is 9.76. The van der Waals surface area contributed by atoms with E-state index in [1.54, 1.807) is 0 Å². The van der Waals surface area contributed by atoms with Crippen molar-refractivity contribution in [1.82, 2.24) is 16.4 Å². The molecule has 0 spiro atoms. The van der Waals surface area contributed by atoms with Gasteiger partial charge in [0.2, 0.25) is 0 Å². The average Bonchev–Trinajstić information content (AvgIpc) is 2.71. The monoisotopic (exact) mass is 167 g/mol. The van der Waals surface area contributed by atoms with E-state index in [0.717, 1.165) is 11.8 Å². The van der Waals surface area contributed by atoms with E-state index in [1.165, 1.54) is 32.1 Å². The first-order valence-corrected chi connectivity index (χ1v) is 5.21. The molecular formula is C9H17N3. The van der Waals surface area contributed by atoms with Crippen molar-refractivity contribution >= 4 is 0 Å². The fourth-order valence-electron chi connectivity index (χ4n) is 3.36. The van der Waals surface area contributed by atoms with Crippen molar-refractivity contribution in [2.24, 2.45) is 11.8 Å². The van der Waals surface area contributed by atoms with Crippen molar-refractivity contribution in [3.63, 3.8) is 0 Å². The minimum Gasteiger partial charge on any atom is -0.239 e. The Morgan fingerprint density at radius 3 is 2.92 bits per heavy atom. The van der Waals surface area contributed by atoms with E-state index < -0.39 is 0 Å². The quantitative estimate of drug-likeness (QED) is 0.493. The largest absolute Gasteiger partial charge is 0.239 e. The zero-order valence-electron chi connectivity index (χ0n) is 7.34. The lowest BCUT2D eigenvalue weighted by atomic mass is 9.76. The van der Waals surface area contributed by atoms with Gasteiger partial charge < -0.3 is 0 Å². The summed E-state index contributed by atoms with van der Waals surface area (Å²) in [5, 5.41) is 0.